The SMILES string of the molecule is NNc1cnc([N+](=O)[O-])cc1C(=O)Nc1ccsc1. The predicted octanol–water partition coefficient (Wildman–Crippen LogP) is 1.59. The number of amides is 1. The van der Waals surface area contributed by atoms with E-state index in [9.17, 15) is 14.9 Å². The molecule has 0 fully saturated rings. The molecule has 0 aromatic carbocycles. The van der Waals surface area contributed by atoms with E-state index in [4.69, 9.17) is 5.84 Å². The van der Waals surface area contributed by atoms with E-state index in [1.807, 2.05) is 0 Å². The van der Waals surface area contributed by atoms with Gasteiger partial charge in [-0.1, -0.05) is 0 Å². The van der Waals surface area contributed by atoms with E-state index < -0.39 is 16.6 Å². The third kappa shape index (κ3) is 2.84. The van der Waals surface area contributed by atoms with Crippen LogP contribution in [0.15, 0.2) is 29.1 Å². The Balaban J connectivity index is 2.33. The highest BCUT2D eigenvalue weighted by atomic mass is 32.1. The number of nitrogens with two attached hydrogens (primary N) is 1. The van der Waals surface area contributed by atoms with Gasteiger partial charge in [-0.2, -0.15) is 11.3 Å². The van der Waals surface area contributed by atoms with Crippen LogP contribution in [0.3, 0.4) is 0 Å². The van der Waals surface area contributed by atoms with Gasteiger partial charge < -0.3 is 20.9 Å². The average molecular weight is 279 g/mol. The van der Waals surface area contributed by atoms with E-state index in [-0.39, 0.29) is 11.3 Å². The summed E-state index contributed by atoms with van der Waals surface area (Å²) in [5.41, 5.74) is 3.15. The highest BCUT2D eigenvalue weighted by molar-refractivity contribution is 7.08. The number of thiophene rings is 1. The molecule has 2 heterocycles. The Hall–Kier alpha value is -2.52. The summed E-state index contributed by atoms with van der Waals surface area (Å²) >= 11 is 1.42. The van der Waals surface area contributed by atoms with Gasteiger partial charge in [-0.25, -0.2) is 0 Å². The summed E-state index contributed by atoms with van der Waals surface area (Å²) in [6, 6.07) is 2.78. The van der Waals surface area contributed by atoms with Crippen LogP contribution in [0.1, 0.15) is 10.4 Å². The molecule has 0 aliphatic carbocycles. The lowest BCUT2D eigenvalue weighted by Crippen LogP contribution is -2.17. The van der Waals surface area contributed by atoms with E-state index >= 15 is 0 Å². The minimum Gasteiger partial charge on any atom is -0.358 e. The molecule has 0 saturated heterocycles. The zero-order chi connectivity index (χ0) is 13.8. The molecule has 0 aliphatic rings. The normalized spacial score (nSPS) is 9.95. The number of anilines is 2. The van der Waals surface area contributed by atoms with E-state index in [2.05, 4.69) is 15.7 Å². The first-order chi connectivity index (χ1) is 9.11. The van der Waals surface area contributed by atoms with Crippen molar-refractivity contribution < 1.29 is 9.72 Å². The number of nitro groups is 1. The number of nitrogens with zero attached hydrogens (tertiary/aromatic N) is 2. The molecule has 2 rings (SSSR count). The number of nitrogen functional groups attached to an aromatic ring is 1. The third-order valence-electron chi connectivity index (χ3n) is 2.26. The summed E-state index contributed by atoms with van der Waals surface area (Å²) in [6.07, 6.45) is 1.14. The van der Waals surface area contributed by atoms with Crippen LogP contribution in [0.2, 0.25) is 0 Å². The van der Waals surface area contributed by atoms with Gasteiger partial charge in [0.05, 0.1) is 17.3 Å². The van der Waals surface area contributed by atoms with Crippen LogP contribution in [0, 0.1) is 10.1 Å². The number of nitrogens with one attached hydrogen (secondary N) is 2. The van der Waals surface area contributed by atoms with Crippen molar-refractivity contribution in [1.29, 1.82) is 0 Å². The molecule has 19 heavy (non-hydrogen) atoms. The number of rotatable bonds is 4. The molecule has 98 valence electrons. The molecule has 0 aliphatic heterocycles. The lowest BCUT2D eigenvalue weighted by atomic mass is 10.2. The van der Waals surface area contributed by atoms with Gasteiger partial charge in [0.2, 0.25) is 0 Å². The number of carbonyl (C=O) groups excluding carboxylic acids is 1. The fraction of sp³-hybridized carbons (Fsp3) is 0. The van der Waals surface area contributed by atoms with Gasteiger partial charge in [-0.15, -0.1) is 0 Å². The van der Waals surface area contributed by atoms with E-state index in [0.717, 1.165) is 12.3 Å². The molecule has 0 spiro atoms. The average Bonchev–Trinajstić information content (AvgIpc) is 2.90. The standard InChI is InChI=1S/C10H9N5O3S/c11-14-8-4-12-9(15(17)18)3-7(8)10(16)13-6-1-2-19-5-6/h1-5,14H,11H2,(H,13,16). The van der Waals surface area contributed by atoms with E-state index in [1.54, 1.807) is 16.8 Å². The Bertz CT molecular complexity index is 614. The number of hydrazine groups is 1. The quantitative estimate of drug-likeness (QED) is 0.443. The van der Waals surface area contributed by atoms with Gasteiger partial charge in [0.1, 0.15) is 5.69 Å². The maximum Gasteiger partial charge on any atom is 0.364 e. The van der Waals surface area contributed by atoms with Crippen LogP contribution in [0.25, 0.3) is 0 Å². The van der Waals surface area contributed by atoms with Gasteiger partial charge in [0.15, 0.2) is 6.20 Å². The van der Waals surface area contributed by atoms with Crippen molar-refractivity contribution in [3.05, 3.63) is 44.8 Å². The summed E-state index contributed by atoms with van der Waals surface area (Å²) in [6.45, 7) is 0. The van der Waals surface area contributed by atoms with Crippen LogP contribution in [0.5, 0.6) is 0 Å². The van der Waals surface area contributed by atoms with E-state index in [1.165, 1.54) is 11.3 Å². The van der Waals surface area contributed by atoms with Gasteiger partial charge in [0.25, 0.3) is 5.91 Å². The number of hydrogen-bond donors (Lipinski definition) is 3. The highest BCUT2D eigenvalue weighted by Gasteiger charge is 2.18. The zero-order valence-corrected chi connectivity index (χ0v) is 10.3. The highest BCUT2D eigenvalue weighted by Crippen LogP contribution is 2.20. The predicted molar refractivity (Wildman–Crippen MR) is 71.0 cm³/mol. The Morgan fingerprint density at radius 2 is 2.32 bits per heavy atom. The second kappa shape index (κ2) is 5.42. The lowest BCUT2D eigenvalue weighted by molar-refractivity contribution is -0.389. The first-order valence-electron chi connectivity index (χ1n) is 5.06. The molecular formula is C10H9N5O3S. The van der Waals surface area contributed by atoms with Crippen LogP contribution < -0.4 is 16.6 Å². The zero-order valence-electron chi connectivity index (χ0n) is 9.49. The number of aromatic nitrogens is 1. The topological polar surface area (TPSA) is 123 Å². The third-order valence-corrected chi connectivity index (χ3v) is 2.94. The van der Waals surface area contributed by atoms with Gasteiger partial charge in [-0.3, -0.25) is 10.6 Å². The Labute approximate surface area is 111 Å². The van der Waals surface area contributed by atoms with Crippen LogP contribution >= 0.6 is 11.3 Å². The van der Waals surface area contributed by atoms with Crippen molar-refractivity contribution in [1.82, 2.24) is 4.98 Å². The second-order valence-corrected chi connectivity index (χ2v) is 4.24. The largest absolute Gasteiger partial charge is 0.364 e. The van der Waals surface area contributed by atoms with E-state index in [0.29, 0.717) is 5.69 Å². The van der Waals surface area contributed by atoms with Crippen molar-refractivity contribution in [2.24, 2.45) is 5.84 Å². The van der Waals surface area contributed by atoms with Crippen molar-refractivity contribution in [3.8, 4) is 0 Å². The summed E-state index contributed by atoms with van der Waals surface area (Å²) < 4.78 is 0. The van der Waals surface area contributed by atoms with Crippen molar-refractivity contribution in [3.63, 3.8) is 0 Å². The van der Waals surface area contributed by atoms with Crippen LogP contribution in [-0.4, -0.2) is 15.8 Å². The molecule has 9 heteroatoms. The van der Waals surface area contributed by atoms with Gasteiger partial charge in [-0.05, 0) is 21.4 Å². The smallest absolute Gasteiger partial charge is 0.358 e. The fourth-order valence-corrected chi connectivity index (χ4v) is 1.97. The Morgan fingerprint density at radius 3 is 2.89 bits per heavy atom. The minimum atomic E-state index is -0.679. The second-order valence-electron chi connectivity index (χ2n) is 3.46. The molecular weight excluding hydrogens is 270 g/mol. The van der Waals surface area contributed by atoms with Crippen LogP contribution in [-0.2, 0) is 0 Å². The Morgan fingerprint density at radius 1 is 1.53 bits per heavy atom. The molecule has 2 aromatic heterocycles. The number of pyridine rings is 1. The molecule has 0 saturated carbocycles. The van der Waals surface area contributed by atoms with Gasteiger partial charge in [0, 0.05) is 5.38 Å². The maximum absolute atomic E-state index is 12.0. The molecule has 1 amide bonds. The maximum atomic E-state index is 12.0. The van der Waals surface area contributed by atoms with Gasteiger partial charge >= 0.3 is 5.82 Å². The lowest BCUT2D eigenvalue weighted by Gasteiger charge is -2.07. The minimum absolute atomic E-state index is 0.0513. The molecule has 0 unspecified atom stereocenters. The summed E-state index contributed by atoms with van der Waals surface area (Å²) in [7, 11) is 0. The van der Waals surface area contributed by atoms with Crippen molar-refractivity contribution in [2.75, 3.05) is 10.7 Å². The Kier molecular flexibility index (Phi) is 3.68. The summed E-state index contributed by atoms with van der Waals surface area (Å²) in [5.74, 6) is 4.33. The molecule has 0 atom stereocenters. The number of carbonyl (C=O) groups is 1. The molecule has 2 aromatic rings. The summed E-state index contributed by atoms with van der Waals surface area (Å²) in [4.78, 5) is 25.6. The summed E-state index contributed by atoms with van der Waals surface area (Å²) in [5, 5.41) is 16.8. The molecule has 0 radical (unpaired) electrons. The fourth-order valence-electron chi connectivity index (χ4n) is 1.38. The number of hydrogen-bond acceptors (Lipinski definition) is 7. The molecule has 0 bridgehead atoms. The molecule has 4 N–H and O–H groups in total. The first kappa shape index (κ1) is 12.9. The monoisotopic (exact) mass is 279 g/mol. The van der Waals surface area contributed by atoms with Crippen molar-refractivity contribution in [2.45, 2.75) is 0 Å². The molecule has 8 nitrogen and oxygen atoms in total. The first-order valence-corrected chi connectivity index (χ1v) is 6.00. The van der Waals surface area contributed by atoms with Crippen LogP contribution in [0.4, 0.5) is 17.2 Å². The van der Waals surface area contributed by atoms with Crippen molar-refractivity contribution >= 4 is 34.4 Å².